The molecule has 2 rings (SSSR count). The number of carbonyl (C=O) groups is 3. The molecule has 0 spiro atoms. The normalized spacial score (nSPS) is 16.6. The Hall–Kier alpha value is -1.89. The molecule has 6 nitrogen and oxygen atoms in total. The van der Waals surface area contributed by atoms with Crippen LogP contribution in [0.4, 0.5) is 0 Å². The molecule has 2 amide bonds. The highest BCUT2D eigenvalue weighted by Gasteiger charge is 2.31. The van der Waals surface area contributed by atoms with Crippen LogP contribution in [0.15, 0.2) is 17.5 Å². The van der Waals surface area contributed by atoms with Gasteiger partial charge in [0.25, 0.3) is 5.91 Å². The molecule has 0 aromatic carbocycles. The summed E-state index contributed by atoms with van der Waals surface area (Å²) in [6, 6.07) is 3.07. The number of rotatable bonds is 6. The summed E-state index contributed by atoms with van der Waals surface area (Å²) < 4.78 is 4.79. The number of carbonyl (C=O) groups excluding carboxylic acids is 3. The summed E-state index contributed by atoms with van der Waals surface area (Å²) >= 11 is 1.43. The van der Waals surface area contributed by atoms with Crippen LogP contribution in [-0.2, 0) is 14.3 Å². The van der Waals surface area contributed by atoms with Gasteiger partial charge in [0, 0.05) is 19.0 Å². The SMILES string of the molecule is COC(=O)[C@@H](CC(C)C)NC(=O)C1CCN(C(=O)c2cccs2)CC1. The van der Waals surface area contributed by atoms with E-state index in [0.29, 0.717) is 32.4 Å². The van der Waals surface area contributed by atoms with E-state index in [9.17, 15) is 14.4 Å². The van der Waals surface area contributed by atoms with E-state index in [1.165, 1.54) is 18.4 Å². The van der Waals surface area contributed by atoms with Crippen molar-refractivity contribution in [1.82, 2.24) is 10.2 Å². The maximum Gasteiger partial charge on any atom is 0.328 e. The van der Waals surface area contributed by atoms with Crippen molar-refractivity contribution in [2.75, 3.05) is 20.2 Å². The molecule has 0 saturated carbocycles. The molecule has 1 fully saturated rings. The van der Waals surface area contributed by atoms with Gasteiger partial charge in [-0.3, -0.25) is 9.59 Å². The van der Waals surface area contributed by atoms with E-state index >= 15 is 0 Å². The largest absolute Gasteiger partial charge is 0.467 e. The number of nitrogens with zero attached hydrogens (tertiary/aromatic N) is 1. The van der Waals surface area contributed by atoms with E-state index in [1.54, 1.807) is 4.90 Å². The zero-order valence-electron chi connectivity index (χ0n) is 15.0. The summed E-state index contributed by atoms with van der Waals surface area (Å²) in [7, 11) is 1.33. The Morgan fingerprint density at radius 1 is 1.32 bits per heavy atom. The number of thiophene rings is 1. The number of likely N-dealkylation sites (tertiary alicyclic amines) is 1. The zero-order valence-corrected chi connectivity index (χ0v) is 15.8. The first-order chi connectivity index (χ1) is 11.9. The molecule has 1 atom stereocenters. The van der Waals surface area contributed by atoms with Gasteiger partial charge in [0.05, 0.1) is 12.0 Å². The lowest BCUT2D eigenvalue weighted by molar-refractivity contribution is -0.146. The molecule has 0 unspecified atom stereocenters. The van der Waals surface area contributed by atoms with Gasteiger partial charge < -0.3 is 15.0 Å². The predicted molar refractivity (Wildman–Crippen MR) is 96.3 cm³/mol. The molecule has 2 heterocycles. The van der Waals surface area contributed by atoms with Gasteiger partial charge in [-0.25, -0.2) is 4.79 Å². The van der Waals surface area contributed by atoms with Gasteiger partial charge >= 0.3 is 5.97 Å². The van der Waals surface area contributed by atoms with E-state index in [2.05, 4.69) is 5.32 Å². The van der Waals surface area contributed by atoms with Crippen molar-refractivity contribution < 1.29 is 19.1 Å². The molecule has 1 saturated heterocycles. The second-order valence-electron chi connectivity index (χ2n) is 6.76. The van der Waals surface area contributed by atoms with Gasteiger partial charge in [-0.1, -0.05) is 19.9 Å². The first kappa shape index (κ1) is 19.4. The average Bonchev–Trinajstić information content (AvgIpc) is 3.14. The Balaban J connectivity index is 1.87. The Bertz CT molecular complexity index is 592. The van der Waals surface area contributed by atoms with E-state index in [4.69, 9.17) is 4.74 Å². The molecule has 25 heavy (non-hydrogen) atoms. The molecule has 0 aliphatic carbocycles. The minimum Gasteiger partial charge on any atom is -0.467 e. The Kier molecular flexibility index (Phi) is 6.99. The van der Waals surface area contributed by atoms with Gasteiger partial charge in [-0.15, -0.1) is 11.3 Å². The molecule has 0 radical (unpaired) electrons. The predicted octanol–water partition coefficient (Wildman–Crippen LogP) is 2.30. The highest BCUT2D eigenvalue weighted by atomic mass is 32.1. The van der Waals surface area contributed by atoms with Crippen molar-refractivity contribution in [3.8, 4) is 0 Å². The molecule has 1 N–H and O–H groups in total. The van der Waals surface area contributed by atoms with Crippen LogP contribution in [0.1, 0.15) is 42.8 Å². The highest BCUT2D eigenvalue weighted by molar-refractivity contribution is 7.12. The van der Waals surface area contributed by atoms with Crippen LogP contribution in [0.2, 0.25) is 0 Å². The van der Waals surface area contributed by atoms with Crippen LogP contribution in [-0.4, -0.2) is 48.9 Å². The van der Waals surface area contributed by atoms with Crippen molar-refractivity contribution in [2.24, 2.45) is 11.8 Å². The average molecular weight is 366 g/mol. The minimum absolute atomic E-state index is 0.0288. The van der Waals surface area contributed by atoms with E-state index in [1.807, 2.05) is 31.4 Å². The summed E-state index contributed by atoms with van der Waals surface area (Å²) in [4.78, 5) is 39.2. The number of piperidine rings is 1. The Morgan fingerprint density at radius 3 is 2.52 bits per heavy atom. The monoisotopic (exact) mass is 366 g/mol. The quantitative estimate of drug-likeness (QED) is 0.784. The Morgan fingerprint density at radius 2 is 2.00 bits per heavy atom. The first-order valence-corrected chi connectivity index (χ1v) is 9.51. The number of esters is 1. The maximum absolute atomic E-state index is 12.5. The van der Waals surface area contributed by atoms with Crippen LogP contribution in [0.5, 0.6) is 0 Å². The topological polar surface area (TPSA) is 75.7 Å². The third kappa shape index (κ3) is 5.29. The second kappa shape index (κ2) is 8.99. The second-order valence-corrected chi connectivity index (χ2v) is 7.71. The number of amides is 2. The highest BCUT2D eigenvalue weighted by Crippen LogP contribution is 2.21. The summed E-state index contributed by atoms with van der Waals surface area (Å²) in [6.07, 6.45) is 1.77. The fourth-order valence-electron chi connectivity index (χ4n) is 3.02. The van der Waals surface area contributed by atoms with Gasteiger partial charge in [-0.05, 0) is 36.6 Å². The van der Waals surface area contributed by atoms with Crippen molar-refractivity contribution in [2.45, 2.75) is 39.2 Å². The smallest absolute Gasteiger partial charge is 0.328 e. The van der Waals surface area contributed by atoms with Gasteiger partial charge in [0.2, 0.25) is 5.91 Å². The van der Waals surface area contributed by atoms with Gasteiger partial charge in [0.1, 0.15) is 6.04 Å². The maximum atomic E-state index is 12.5. The number of hydrogen-bond donors (Lipinski definition) is 1. The molecule has 1 aromatic rings. The lowest BCUT2D eigenvalue weighted by Crippen LogP contribution is -2.48. The molecule has 1 aliphatic rings. The number of ether oxygens (including phenoxy) is 1. The van der Waals surface area contributed by atoms with Crippen molar-refractivity contribution in [3.63, 3.8) is 0 Å². The molecule has 0 bridgehead atoms. The van der Waals surface area contributed by atoms with Crippen LogP contribution >= 0.6 is 11.3 Å². The molecule has 7 heteroatoms. The van der Waals surface area contributed by atoms with Crippen LogP contribution < -0.4 is 5.32 Å². The van der Waals surface area contributed by atoms with E-state index in [0.717, 1.165) is 4.88 Å². The summed E-state index contributed by atoms with van der Waals surface area (Å²) in [5.41, 5.74) is 0. The van der Waals surface area contributed by atoms with Crippen LogP contribution in [0, 0.1) is 11.8 Å². The standard InChI is InChI=1S/C18H26N2O4S/c1-12(2)11-14(18(23)24-3)19-16(21)13-6-8-20(9-7-13)17(22)15-5-4-10-25-15/h4-5,10,12-14H,6-9,11H2,1-3H3,(H,19,21)/t14-/m1/s1. The summed E-state index contributed by atoms with van der Waals surface area (Å²) in [5, 5.41) is 4.71. The summed E-state index contributed by atoms with van der Waals surface area (Å²) in [6.45, 7) is 5.11. The van der Waals surface area contributed by atoms with E-state index in [-0.39, 0.29) is 23.7 Å². The molecule has 1 aromatic heterocycles. The first-order valence-electron chi connectivity index (χ1n) is 8.63. The number of hydrogen-bond acceptors (Lipinski definition) is 5. The Labute approximate surface area is 152 Å². The van der Waals surface area contributed by atoms with Crippen molar-refractivity contribution >= 4 is 29.1 Å². The molecular weight excluding hydrogens is 340 g/mol. The van der Waals surface area contributed by atoms with Crippen LogP contribution in [0.3, 0.4) is 0 Å². The fourth-order valence-corrected chi connectivity index (χ4v) is 3.71. The molecule has 138 valence electrons. The van der Waals surface area contributed by atoms with Gasteiger partial charge in [-0.2, -0.15) is 0 Å². The molecule has 1 aliphatic heterocycles. The van der Waals surface area contributed by atoms with Gasteiger partial charge in [0.15, 0.2) is 0 Å². The number of nitrogens with one attached hydrogen (secondary N) is 1. The van der Waals surface area contributed by atoms with Crippen molar-refractivity contribution in [1.29, 1.82) is 0 Å². The minimum atomic E-state index is -0.608. The summed E-state index contributed by atoms with van der Waals surface area (Å²) in [5.74, 6) is -0.408. The lowest BCUT2D eigenvalue weighted by Gasteiger charge is -2.32. The third-order valence-corrected chi connectivity index (χ3v) is 5.25. The van der Waals surface area contributed by atoms with E-state index < -0.39 is 12.0 Å². The lowest BCUT2D eigenvalue weighted by atomic mass is 9.94. The van der Waals surface area contributed by atoms with Crippen molar-refractivity contribution in [3.05, 3.63) is 22.4 Å². The number of methoxy groups -OCH3 is 1. The van der Waals surface area contributed by atoms with Crippen LogP contribution in [0.25, 0.3) is 0 Å². The zero-order chi connectivity index (χ0) is 18.4. The third-order valence-electron chi connectivity index (χ3n) is 4.39. The molecular formula is C18H26N2O4S. The fraction of sp³-hybridized carbons (Fsp3) is 0.611.